The summed E-state index contributed by atoms with van der Waals surface area (Å²) in [6.07, 6.45) is 1.16. The lowest BCUT2D eigenvalue weighted by atomic mass is 10.1. The highest BCUT2D eigenvalue weighted by Crippen LogP contribution is 2.10. The van der Waals surface area contributed by atoms with Crippen molar-refractivity contribution >= 4 is 15.9 Å². The van der Waals surface area contributed by atoms with Gasteiger partial charge in [0.15, 0.2) is 0 Å². The lowest BCUT2D eigenvalue weighted by molar-refractivity contribution is -0.120. The second kappa shape index (κ2) is 7.25. The molecule has 19 heavy (non-hydrogen) atoms. The van der Waals surface area contributed by atoms with Gasteiger partial charge in [0.25, 0.3) is 0 Å². The number of rotatable bonds is 7. The quantitative estimate of drug-likeness (QED) is 0.786. The number of hydrogen-bond donors (Lipinski definition) is 2. The van der Waals surface area contributed by atoms with Gasteiger partial charge in [0, 0.05) is 19.5 Å². The molecule has 0 fully saturated rings. The Labute approximate surface area is 114 Å². The number of benzene rings is 1. The predicted molar refractivity (Wildman–Crippen MR) is 74.3 cm³/mol. The van der Waals surface area contributed by atoms with Crippen LogP contribution in [0, 0.1) is 0 Å². The van der Waals surface area contributed by atoms with Crippen LogP contribution in [0.3, 0.4) is 0 Å². The zero-order valence-electron chi connectivity index (χ0n) is 11.3. The fourth-order valence-corrected chi connectivity index (χ4v) is 2.62. The Morgan fingerprint density at radius 2 is 1.79 bits per heavy atom. The Morgan fingerprint density at radius 3 is 2.32 bits per heavy atom. The largest absolute Gasteiger partial charge is 0.356 e. The number of sulfonamides is 1. The smallest absolute Gasteiger partial charge is 0.240 e. The van der Waals surface area contributed by atoms with Crippen molar-refractivity contribution in [3.63, 3.8) is 0 Å². The summed E-state index contributed by atoms with van der Waals surface area (Å²) < 4.78 is 25.9. The molecule has 0 aromatic heterocycles. The van der Waals surface area contributed by atoms with Gasteiger partial charge in [-0.05, 0) is 24.1 Å². The molecule has 0 heterocycles. The van der Waals surface area contributed by atoms with Crippen LogP contribution in [0.25, 0.3) is 0 Å². The topological polar surface area (TPSA) is 75.3 Å². The summed E-state index contributed by atoms with van der Waals surface area (Å²) in [5.74, 6) is 0.0198. The molecule has 0 saturated carbocycles. The fourth-order valence-electron chi connectivity index (χ4n) is 1.58. The van der Waals surface area contributed by atoms with Crippen molar-refractivity contribution < 1.29 is 13.2 Å². The van der Waals surface area contributed by atoms with E-state index in [1.807, 2.05) is 0 Å². The van der Waals surface area contributed by atoms with Crippen molar-refractivity contribution in [2.75, 3.05) is 13.1 Å². The van der Waals surface area contributed by atoms with Gasteiger partial charge in [-0.25, -0.2) is 13.1 Å². The van der Waals surface area contributed by atoms with E-state index in [1.54, 1.807) is 38.1 Å². The van der Waals surface area contributed by atoms with Gasteiger partial charge in [-0.15, -0.1) is 0 Å². The van der Waals surface area contributed by atoms with Crippen LogP contribution in [0.4, 0.5) is 0 Å². The Morgan fingerprint density at radius 1 is 1.16 bits per heavy atom. The van der Waals surface area contributed by atoms with E-state index in [9.17, 15) is 13.2 Å². The lowest BCUT2D eigenvalue weighted by Crippen LogP contribution is -2.24. The van der Waals surface area contributed by atoms with Crippen molar-refractivity contribution in [2.45, 2.75) is 31.6 Å². The first-order valence-corrected chi connectivity index (χ1v) is 7.83. The molecule has 0 spiro atoms. The standard InChI is InChI=1S/C13H20N2O3S/c1-3-13(16)14-10-9-11-5-7-12(8-6-11)19(17,18)15-4-2/h5-8,15H,3-4,9-10H2,1-2H3,(H,14,16). The Balaban J connectivity index is 2.59. The number of nitrogens with one attached hydrogen (secondary N) is 2. The zero-order chi connectivity index (χ0) is 14.3. The van der Waals surface area contributed by atoms with E-state index in [0.29, 0.717) is 25.9 Å². The van der Waals surface area contributed by atoms with Crippen molar-refractivity contribution in [3.05, 3.63) is 29.8 Å². The maximum atomic E-state index is 11.7. The van der Waals surface area contributed by atoms with E-state index in [4.69, 9.17) is 0 Å². The molecule has 0 unspecified atom stereocenters. The molecule has 0 aliphatic rings. The van der Waals surface area contributed by atoms with Crippen molar-refractivity contribution in [2.24, 2.45) is 0 Å². The van der Waals surface area contributed by atoms with Crippen molar-refractivity contribution in [3.8, 4) is 0 Å². The highest BCUT2D eigenvalue weighted by molar-refractivity contribution is 7.89. The number of carbonyl (C=O) groups is 1. The van der Waals surface area contributed by atoms with Crippen LogP contribution in [0.1, 0.15) is 25.8 Å². The number of carbonyl (C=O) groups excluding carboxylic acids is 1. The van der Waals surface area contributed by atoms with E-state index in [-0.39, 0.29) is 10.8 Å². The van der Waals surface area contributed by atoms with Gasteiger partial charge in [-0.1, -0.05) is 26.0 Å². The molecule has 6 heteroatoms. The predicted octanol–water partition coefficient (Wildman–Crippen LogP) is 1.05. The summed E-state index contributed by atoms with van der Waals surface area (Å²) >= 11 is 0. The van der Waals surface area contributed by atoms with Crippen LogP contribution >= 0.6 is 0 Å². The van der Waals surface area contributed by atoms with E-state index in [1.165, 1.54) is 0 Å². The summed E-state index contributed by atoms with van der Waals surface area (Å²) in [4.78, 5) is 11.3. The Bertz CT molecular complexity index is 509. The van der Waals surface area contributed by atoms with Gasteiger partial charge in [0.1, 0.15) is 0 Å². The minimum absolute atomic E-state index is 0.0198. The van der Waals surface area contributed by atoms with E-state index < -0.39 is 10.0 Å². The molecular weight excluding hydrogens is 264 g/mol. The molecule has 2 N–H and O–H groups in total. The molecule has 1 amide bonds. The third-order valence-electron chi connectivity index (χ3n) is 2.62. The van der Waals surface area contributed by atoms with Gasteiger partial charge in [-0.3, -0.25) is 4.79 Å². The van der Waals surface area contributed by atoms with Crippen LogP contribution in [-0.2, 0) is 21.2 Å². The minimum Gasteiger partial charge on any atom is -0.356 e. The highest BCUT2D eigenvalue weighted by atomic mass is 32.2. The van der Waals surface area contributed by atoms with Gasteiger partial charge < -0.3 is 5.32 Å². The summed E-state index contributed by atoms with van der Waals surface area (Å²) in [6.45, 7) is 4.47. The maximum Gasteiger partial charge on any atom is 0.240 e. The molecule has 1 aromatic carbocycles. The molecule has 0 saturated heterocycles. The first kappa shape index (κ1) is 15.7. The molecule has 5 nitrogen and oxygen atoms in total. The Kier molecular flexibility index (Phi) is 5.98. The van der Waals surface area contributed by atoms with Crippen LogP contribution in [-0.4, -0.2) is 27.4 Å². The first-order valence-electron chi connectivity index (χ1n) is 6.35. The lowest BCUT2D eigenvalue weighted by Gasteiger charge is -2.06. The van der Waals surface area contributed by atoms with E-state index in [2.05, 4.69) is 10.0 Å². The van der Waals surface area contributed by atoms with Crippen LogP contribution in [0.2, 0.25) is 0 Å². The fraction of sp³-hybridized carbons (Fsp3) is 0.462. The molecule has 1 rings (SSSR count). The van der Waals surface area contributed by atoms with Crippen LogP contribution < -0.4 is 10.0 Å². The van der Waals surface area contributed by atoms with Crippen molar-refractivity contribution in [1.29, 1.82) is 0 Å². The SMILES string of the molecule is CCNS(=O)(=O)c1ccc(CCNC(=O)CC)cc1. The summed E-state index contributed by atoms with van der Waals surface area (Å²) in [5.41, 5.74) is 0.992. The zero-order valence-corrected chi connectivity index (χ0v) is 12.1. The van der Waals surface area contributed by atoms with E-state index in [0.717, 1.165) is 5.56 Å². The van der Waals surface area contributed by atoms with Gasteiger partial charge in [0.2, 0.25) is 15.9 Å². The number of amides is 1. The third-order valence-corrected chi connectivity index (χ3v) is 4.19. The normalized spacial score (nSPS) is 11.3. The molecule has 0 radical (unpaired) electrons. The summed E-state index contributed by atoms with van der Waals surface area (Å²) in [5, 5.41) is 2.78. The monoisotopic (exact) mass is 284 g/mol. The second-order valence-electron chi connectivity index (χ2n) is 4.10. The van der Waals surface area contributed by atoms with Gasteiger partial charge in [-0.2, -0.15) is 0 Å². The highest BCUT2D eigenvalue weighted by Gasteiger charge is 2.11. The summed E-state index contributed by atoms with van der Waals surface area (Å²) in [7, 11) is -3.38. The second-order valence-corrected chi connectivity index (χ2v) is 5.87. The molecule has 0 atom stereocenters. The average Bonchev–Trinajstić information content (AvgIpc) is 2.39. The molecular formula is C13H20N2O3S. The van der Waals surface area contributed by atoms with E-state index >= 15 is 0 Å². The maximum absolute atomic E-state index is 11.7. The summed E-state index contributed by atoms with van der Waals surface area (Å²) in [6, 6.07) is 6.69. The molecule has 0 aliphatic carbocycles. The molecule has 1 aromatic rings. The molecule has 0 aliphatic heterocycles. The van der Waals surface area contributed by atoms with Gasteiger partial charge >= 0.3 is 0 Å². The Hall–Kier alpha value is -1.40. The van der Waals surface area contributed by atoms with Gasteiger partial charge in [0.05, 0.1) is 4.90 Å². The first-order chi connectivity index (χ1) is 8.99. The number of hydrogen-bond acceptors (Lipinski definition) is 3. The van der Waals surface area contributed by atoms with Crippen LogP contribution in [0.5, 0.6) is 0 Å². The molecule has 106 valence electrons. The van der Waals surface area contributed by atoms with Crippen molar-refractivity contribution in [1.82, 2.24) is 10.0 Å². The van der Waals surface area contributed by atoms with Crippen LogP contribution in [0.15, 0.2) is 29.2 Å². The third kappa shape index (κ3) is 5.00. The average molecular weight is 284 g/mol. The minimum atomic E-state index is -3.38. The molecule has 0 bridgehead atoms.